The largest absolute Gasteiger partial charge is 0.492 e. The zero-order valence-corrected chi connectivity index (χ0v) is 9.37. The van der Waals surface area contributed by atoms with E-state index < -0.39 is 0 Å². The Morgan fingerprint density at radius 3 is 2.75 bits per heavy atom. The second-order valence-corrected chi connectivity index (χ2v) is 3.65. The lowest BCUT2D eigenvalue weighted by Gasteiger charge is -2.08. The molecule has 0 atom stereocenters. The van der Waals surface area contributed by atoms with Crippen molar-refractivity contribution in [3.8, 4) is 5.75 Å². The van der Waals surface area contributed by atoms with Gasteiger partial charge in [-0.25, -0.2) is 0 Å². The first-order valence-corrected chi connectivity index (χ1v) is 4.91. The molecule has 0 saturated heterocycles. The van der Waals surface area contributed by atoms with Crippen LogP contribution in [0.4, 0.5) is 0 Å². The van der Waals surface area contributed by atoms with Crippen LogP contribution in [0.1, 0.15) is 12.5 Å². The van der Waals surface area contributed by atoms with E-state index in [0.717, 1.165) is 15.8 Å². The van der Waals surface area contributed by atoms with Gasteiger partial charge in [0.15, 0.2) is 0 Å². The molecular weight excluding hydrogens is 239 g/mol. The number of benzene rings is 1. The lowest BCUT2D eigenvalue weighted by atomic mass is 10.2. The van der Waals surface area contributed by atoms with Crippen LogP contribution in [0.2, 0.25) is 5.02 Å². The molecule has 0 radical (unpaired) electrons. The third-order valence-electron chi connectivity index (χ3n) is 1.58. The average molecular weight is 250 g/mol. The zero-order valence-electron chi connectivity index (χ0n) is 7.03. The fourth-order valence-corrected chi connectivity index (χ4v) is 1.57. The summed E-state index contributed by atoms with van der Waals surface area (Å²) in [5, 5.41) is 0.686. The molecule has 0 fully saturated rings. The molecule has 0 N–H and O–H groups in total. The molecule has 0 saturated carbocycles. The third-order valence-corrected chi connectivity index (χ3v) is 2.91. The van der Waals surface area contributed by atoms with E-state index in [0.29, 0.717) is 11.6 Å². The molecule has 0 unspecified atom stereocenters. The molecule has 0 heterocycles. The SMILES string of the molecule is CCOc1ccc(Br)c(C)c1Cl. The number of ether oxygens (including phenoxy) is 1. The quantitative estimate of drug-likeness (QED) is 0.774. The highest BCUT2D eigenvalue weighted by atomic mass is 79.9. The lowest BCUT2D eigenvalue weighted by Crippen LogP contribution is -1.93. The number of hydrogen-bond donors (Lipinski definition) is 0. The second kappa shape index (κ2) is 4.15. The van der Waals surface area contributed by atoms with Gasteiger partial charge in [-0.2, -0.15) is 0 Å². The molecule has 1 nitrogen and oxygen atoms in total. The van der Waals surface area contributed by atoms with Crippen molar-refractivity contribution in [1.82, 2.24) is 0 Å². The Hall–Kier alpha value is -0.210. The molecule has 0 spiro atoms. The maximum absolute atomic E-state index is 6.02. The van der Waals surface area contributed by atoms with Crippen LogP contribution in [0.5, 0.6) is 5.75 Å². The monoisotopic (exact) mass is 248 g/mol. The Labute approximate surface area is 85.8 Å². The van der Waals surface area contributed by atoms with Crippen molar-refractivity contribution in [2.45, 2.75) is 13.8 Å². The predicted octanol–water partition coefficient (Wildman–Crippen LogP) is 3.81. The van der Waals surface area contributed by atoms with Gasteiger partial charge < -0.3 is 4.74 Å². The smallest absolute Gasteiger partial charge is 0.138 e. The van der Waals surface area contributed by atoms with Gasteiger partial charge in [-0.15, -0.1) is 0 Å². The molecule has 1 rings (SSSR count). The molecule has 0 amide bonds. The molecule has 0 aliphatic heterocycles. The van der Waals surface area contributed by atoms with E-state index >= 15 is 0 Å². The third kappa shape index (κ3) is 1.93. The Morgan fingerprint density at radius 1 is 1.50 bits per heavy atom. The maximum atomic E-state index is 6.02. The van der Waals surface area contributed by atoms with E-state index in [9.17, 15) is 0 Å². The van der Waals surface area contributed by atoms with Crippen molar-refractivity contribution >= 4 is 27.5 Å². The summed E-state index contributed by atoms with van der Waals surface area (Å²) in [6.45, 7) is 4.53. The molecule has 1 aromatic carbocycles. The zero-order chi connectivity index (χ0) is 9.14. The topological polar surface area (TPSA) is 9.23 Å². The Kier molecular flexibility index (Phi) is 3.41. The van der Waals surface area contributed by atoms with Crippen molar-refractivity contribution < 1.29 is 4.74 Å². The highest BCUT2D eigenvalue weighted by Crippen LogP contribution is 2.32. The maximum Gasteiger partial charge on any atom is 0.138 e. The van der Waals surface area contributed by atoms with Gasteiger partial charge in [0.2, 0.25) is 0 Å². The van der Waals surface area contributed by atoms with Crippen LogP contribution < -0.4 is 4.74 Å². The van der Waals surface area contributed by atoms with Crippen molar-refractivity contribution in [2.75, 3.05) is 6.61 Å². The summed E-state index contributed by atoms with van der Waals surface area (Å²) in [5.74, 6) is 0.750. The molecule has 12 heavy (non-hydrogen) atoms. The first-order chi connectivity index (χ1) is 5.66. The molecule has 0 aliphatic rings. The van der Waals surface area contributed by atoms with Gasteiger partial charge >= 0.3 is 0 Å². The molecule has 0 aromatic heterocycles. The van der Waals surface area contributed by atoms with Gasteiger partial charge in [-0.1, -0.05) is 27.5 Å². The van der Waals surface area contributed by atoms with E-state index in [2.05, 4.69) is 15.9 Å². The Morgan fingerprint density at radius 2 is 2.17 bits per heavy atom. The Balaban J connectivity index is 3.08. The normalized spacial score (nSPS) is 10.0. The Bertz CT molecular complexity index is 286. The minimum Gasteiger partial charge on any atom is -0.492 e. The molecular formula is C9H10BrClO. The summed E-state index contributed by atoms with van der Waals surface area (Å²) < 4.78 is 6.33. The van der Waals surface area contributed by atoms with Gasteiger partial charge in [0, 0.05) is 4.47 Å². The average Bonchev–Trinajstić information content (AvgIpc) is 2.07. The number of halogens is 2. The van der Waals surface area contributed by atoms with Gasteiger partial charge in [-0.05, 0) is 31.5 Å². The van der Waals surface area contributed by atoms with Crippen LogP contribution in [-0.2, 0) is 0 Å². The van der Waals surface area contributed by atoms with Gasteiger partial charge in [0.05, 0.1) is 11.6 Å². The summed E-state index contributed by atoms with van der Waals surface area (Å²) >= 11 is 9.41. The van der Waals surface area contributed by atoms with Crippen LogP contribution in [0.3, 0.4) is 0 Å². The summed E-state index contributed by atoms with van der Waals surface area (Å²) in [6, 6.07) is 3.80. The summed E-state index contributed by atoms with van der Waals surface area (Å²) in [6.07, 6.45) is 0. The van der Waals surface area contributed by atoms with Crippen LogP contribution in [0, 0.1) is 6.92 Å². The van der Waals surface area contributed by atoms with Crippen molar-refractivity contribution in [3.63, 3.8) is 0 Å². The summed E-state index contributed by atoms with van der Waals surface area (Å²) in [7, 11) is 0. The van der Waals surface area contributed by atoms with Gasteiger partial charge in [0.25, 0.3) is 0 Å². The predicted molar refractivity (Wildman–Crippen MR) is 55.1 cm³/mol. The van der Waals surface area contributed by atoms with Crippen LogP contribution >= 0.6 is 27.5 Å². The number of hydrogen-bond acceptors (Lipinski definition) is 1. The van der Waals surface area contributed by atoms with Crippen LogP contribution in [0.15, 0.2) is 16.6 Å². The van der Waals surface area contributed by atoms with Crippen molar-refractivity contribution in [3.05, 3.63) is 27.2 Å². The standard InChI is InChI=1S/C9H10BrClO/c1-3-12-8-5-4-7(10)6(2)9(8)11/h4-5H,3H2,1-2H3. The molecule has 3 heteroatoms. The van der Waals surface area contributed by atoms with E-state index in [4.69, 9.17) is 16.3 Å². The summed E-state index contributed by atoms with van der Waals surface area (Å²) in [4.78, 5) is 0. The number of rotatable bonds is 2. The molecule has 0 aliphatic carbocycles. The van der Waals surface area contributed by atoms with Crippen LogP contribution in [-0.4, -0.2) is 6.61 Å². The van der Waals surface area contributed by atoms with E-state index in [1.54, 1.807) is 0 Å². The highest BCUT2D eigenvalue weighted by Gasteiger charge is 2.06. The van der Waals surface area contributed by atoms with Gasteiger partial charge in [0.1, 0.15) is 5.75 Å². The highest BCUT2D eigenvalue weighted by molar-refractivity contribution is 9.10. The molecule has 1 aromatic rings. The summed E-state index contributed by atoms with van der Waals surface area (Å²) in [5.41, 5.74) is 1.02. The fourth-order valence-electron chi connectivity index (χ4n) is 0.904. The van der Waals surface area contributed by atoms with E-state index in [1.165, 1.54) is 0 Å². The van der Waals surface area contributed by atoms with Gasteiger partial charge in [-0.3, -0.25) is 0 Å². The first-order valence-electron chi connectivity index (χ1n) is 3.74. The molecule has 0 bridgehead atoms. The lowest BCUT2D eigenvalue weighted by molar-refractivity contribution is 0.340. The first kappa shape index (κ1) is 9.87. The fraction of sp³-hybridized carbons (Fsp3) is 0.333. The van der Waals surface area contributed by atoms with Crippen molar-refractivity contribution in [2.24, 2.45) is 0 Å². The van der Waals surface area contributed by atoms with Crippen molar-refractivity contribution in [1.29, 1.82) is 0 Å². The van der Waals surface area contributed by atoms with E-state index in [1.807, 2.05) is 26.0 Å². The molecule has 66 valence electrons. The minimum absolute atomic E-state index is 0.640. The van der Waals surface area contributed by atoms with E-state index in [-0.39, 0.29) is 0 Å². The second-order valence-electron chi connectivity index (χ2n) is 2.42. The minimum atomic E-state index is 0.640. The van der Waals surface area contributed by atoms with Crippen LogP contribution in [0.25, 0.3) is 0 Å².